The van der Waals surface area contributed by atoms with E-state index in [1.807, 2.05) is 37.6 Å². The SMILES string of the molecule is Cc1cn(-c2ccc(N=NC(C)C)nn2)cn1. The zero-order valence-corrected chi connectivity index (χ0v) is 10.1. The normalized spacial score (nSPS) is 11.5. The van der Waals surface area contributed by atoms with Crippen LogP contribution in [-0.4, -0.2) is 25.8 Å². The van der Waals surface area contributed by atoms with Crippen molar-refractivity contribution in [3.8, 4) is 5.82 Å². The van der Waals surface area contributed by atoms with Gasteiger partial charge in [0.2, 0.25) is 0 Å². The Bertz CT molecular complexity index is 511. The summed E-state index contributed by atoms with van der Waals surface area (Å²) in [6.07, 6.45) is 3.59. The van der Waals surface area contributed by atoms with Gasteiger partial charge in [-0.1, -0.05) is 0 Å². The number of azo groups is 1. The van der Waals surface area contributed by atoms with Crippen molar-refractivity contribution in [3.05, 3.63) is 30.4 Å². The van der Waals surface area contributed by atoms with Gasteiger partial charge in [-0.2, -0.15) is 5.11 Å². The molecule has 0 atom stereocenters. The first kappa shape index (κ1) is 11.4. The number of aromatic nitrogens is 4. The molecule has 88 valence electrons. The Kier molecular flexibility index (Phi) is 3.22. The van der Waals surface area contributed by atoms with Gasteiger partial charge in [0.05, 0.1) is 11.7 Å². The molecule has 2 rings (SSSR count). The molecule has 0 N–H and O–H groups in total. The number of imidazole rings is 1. The van der Waals surface area contributed by atoms with Crippen molar-refractivity contribution in [2.75, 3.05) is 0 Å². The Morgan fingerprint density at radius 2 is 2.06 bits per heavy atom. The molecule has 0 fully saturated rings. The fourth-order valence-corrected chi connectivity index (χ4v) is 1.23. The van der Waals surface area contributed by atoms with E-state index < -0.39 is 0 Å². The summed E-state index contributed by atoms with van der Waals surface area (Å²) in [4.78, 5) is 4.13. The minimum Gasteiger partial charge on any atom is -0.289 e. The van der Waals surface area contributed by atoms with Gasteiger partial charge in [0.1, 0.15) is 6.33 Å². The highest BCUT2D eigenvalue weighted by Gasteiger charge is 2.00. The van der Waals surface area contributed by atoms with Gasteiger partial charge in [0, 0.05) is 6.20 Å². The van der Waals surface area contributed by atoms with Crippen LogP contribution in [-0.2, 0) is 0 Å². The molecular formula is C11H14N6. The largest absolute Gasteiger partial charge is 0.289 e. The van der Waals surface area contributed by atoms with E-state index in [1.54, 1.807) is 12.4 Å². The maximum atomic E-state index is 4.13. The van der Waals surface area contributed by atoms with Crippen LogP contribution in [0.3, 0.4) is 0 Å². The number of rotatable bonds is 3. The summed E-state index contributed by atoms with van der Waals surface area (Å²) in [5.41, 5.74) is 0.940. The first-order valence-electron chi connectivity index (χ1n) is 5.40. The smallest absolute Gasteiger partial charge is 0.196 e. The van der Waals surface area contributed by atoms with Gasteiger partial charge in [0.15, 0.2) is 11.6 Å². The molecule has 0 aliphatic carbocycles. The molecule has 0 aliphatic rings. The van der Waals surface area contributed by atoms with Crippen LogP contribution in [0.5, 0.6) is 0 Å². The lowest BCUT2D eigenvalue weighted by Gasteiger charge is -1.99. The quantitative estimate of drug-likeness (QED) is 0.760. The maximum Gasteiger partial charge on any atom is 0.196 e. The second-order valence-corrected chi connectivity index (χ2v) is 3.98. The highest BCUT2D eigenvalue weighted by Crippen LogP contribution is 2.10. The van der Waals surface area contributed by atoms with E-state index in [0.29, 0.717) is 11.6 Å². The second kappa shape index (κ2) is 4.82. The molecule has 0 aromatic carbocycles. The van der Waals surface area contributed by atoms with E-state index in [-0.39, 0.29) is 6.04 Å². The molecule has 2 aromatic heterocycles. The molecular weight excluding hydrogens is 216 g/mol. The molecule has 17 heavy (non-hydrogen) atoms. The summed E-state index contributed by atoms with van der Waals surface area (Å²) in [5.74, 6) is 1.23. The molecule has 0 radical (unpaired) electrons. The van der Waals surface area contributed by atoms with Crippen LogP contribution >= 0.6 is 0 Å². The van der Waals surface area contributed by atoms with Crippen molar-refractivity contribution >= 4 is 5.82 Å². The van der Waals surface area contributed by atoms with Crippen LogP contribution < -0.4 is 0 Å². The summed E-state index contributed by atoms with van der Waals surface area (Å²) in [6, 6.07) is 3.78. The minimum atomic E-state index is 0.160. The van der Waals surface area contributed by atoms with Crippen LogP contribution in [0.2, 0.25) is 0 Å². The monoisotopic (exact) mass is 230 g/mol. The van der Waals surface area contributed by atoms with Crippen molar-refractivity contribution in [2.24, 2.45) is 10.2 Å². The van der Waals surface area contributed by atoms with Crippen LogP contribution in [0.4, 0.5) is 5.82 Å². The van der Waals surface area contributed by atoms with E-state index in [9.17, 15) is 0 Å². The topological polar surface area (TPSA) is 68.3 Å². The van der Waals surface area contributed by atoms with Crippen molar-refractivity contribution in [3.63, 3.8) is 0 Å². The molecule has 0 bridgehead atoms. The van der Waals surface area contributed by atoms with Crippen LogP contribution in [0.15, 0.2) is 34.9 Å². The number of hydrogen-bond donors (Lipinski definition) is 0. The third-order valence-corrected chi connectivity index (χ3v) is 2.00. The van der Waals surface area contributed by atoms with Crippen LogP contribution in [0, 0.1) is 6.92 Å². The summed E-state index contributed by atoms with van der Waals surface area (Å²) in [5, 5.41) is 16.0. The van der Waals surface area contributed by atoms with E-state index in [1.165, 1.54) is 0 Å². The lowest BCUT2D eigenvalue weighted by atomic mass is 10.4. The zero-order chi connectivity index (χ0) is 12.3. The van der Waals surface area contributed by atoms with Gasteiger partial charge < -0.3 is 0 Å². The van der Waals surface area contributed by atoms with E-state index in [2.05, 4.69) is 25.4 Å². The Balaban J connectivity index is 2.18. The van der Waals surface area contributed by atoms with E-state index >= 15 is 0 Å². The average molecular weight is 230 g/mol. The van der Waals surface area contributed by atoms with Gasteiger partial charge in [0.25, 0.3) is 0 Å². The van der Waals surface area contributed by atoms with Crippen molar-refractivity contribution in [2.45, 2.75) is 26.8 Å². The lowest BCUT2D eigenvalue weighted by molar-refractivity contribution is 0.770. The minimum absolute atomic E-state index is 0.160. The van der Waals surface area contributed by atoms with E-state index in [4.69, 9.17) is 0 Å². The number of aryl methyl sites for hydroxylation is 1. The number of nitrogens with zero attached hydrogens (tertiary/aromatic N) is 6. The predicted octanol–water partition coefficient (Wildman–Crippen LogP) is 2.46. The first-order valence-corrected chi connectivity index (χ1v) is 5.40. The number of hydrogen-bond acceptors (Lipinski definition) is 5. The van der Waals surface area contributed by atoms with Crippen molar-refractivity contribution < 1.29 is 0 Å². The van der Waals surface area contributed by atoms with Crippen LogP contribution in [0.1, 0.15) is 19.5 Å². The molecule has 0 unspecified atom stereocenters. The van der Waals surface area contributed by atoms with E-state index in [0.717, 1.165) is 5.69 Å². The molecule has 0 aliphatic heterocycles. The molecule has 0 amide bonds. The summed E-state index contributed by atoms with van der Waals surface area (Å²) in [7, 11) is 0. The summed E-state index contributed by atoms with van der Waals surface area (Å²) >= 11 is 0. The fourth-order valence-electron chi connectivity index (χ4n) is 1.23. The predicted molar refractivity (Wildman–Crippen MR) is 63.5 cm³/mol. The second-order valence-electron chi connectivity index (χ2n) is 3.98. The fraction of sp³-hybridized carbons (Fsp3) is 0.364. The zero-order valence-electron chi connectivity index (χ0n) is 10.1. The van der Waals surface area contributed by atoms with Gasteiger partial charge in [-0.25, -0.2) is 4.98 Å². The van der Waals surface area contributed by atoms with Gasteiger partial charge >= 0.3 is 0 Å². The summed E-state index contributed by atoms with van der Waals surface area (Å²) in [6.45, 7) is 5.84. The third kappa shape index (κ3) is 2.93. The lowest BCUT2D eigenvalue weighted by Crippen LogP contribution is -1.95. The first-order chi connectivity index (χ1) is 8.15. The maximum absolute atomic E-state index is 4.13. The summed E-state index contributed by atoms with van der Waals surface area (Å²) < 4.78 is 1.81. The molecule has 2 heterocycles. The van der Waals surface area contributed by atoms with Gasteiger partial charge in [-0.05, 0) is 32.9 Å². The Hall–Kier alpha value is -2.11. The highest BCUT2D eigenvalue weighted by atomic mass is 15.3. The highest BCUT2D eigenvalue weighted by molar-refractivity contribution is 5.30. The molecule has 2 aromatic rings. The standard InChI is InChI=1S/C11H14N6/c1-8(2)13-14-10-4-5-11(16-15-10)17-6-9(3)12-7-17/h4-8H,1-3H3. The van der Waals surface area contributed by atoms with Gasteiger partial charge in [-0.3, -0.25) is 4.57 Å². The average Bonchev–Trinajstić information content (AvgIpc) is 2.74. The Labute approximate surface area is 99.4 Å². The van der Waals surface area contributed by atoms with Crippen LogP contribution in [0.25, 0.3) is 5.82 Å². The Morgan fingerprint density at radius 1 is 1.24 bits per heavy atom. The van der Waals surface area contributed by atoms with Crippen molar-refractivity contribution in [1.29, 1.82) is 0 Å². The van der Waals surface area contributed by atoms with Gasteiger partial charge in [-0.15, -0.1) is 15.3 Å². The molecule has 6 nitrogen and oxygen atoms in total. The molecule has 6 heteroatoms. The Morgan fingerprint density at radius 3 is 2.59 bits per heavy atom. The molecule has 0 saturated heterocycles. The molecule has 0 saturated carbocycles. The molecule has 0 spiro atoms. The third-order valence-electron chi connectivity index (χ3n) is 2.00. The van der Waals surface area contributed by atoms with Crippen molar-refractivity contribution in [1.82, 2.24) is 19.7 Å².